The van der Waals surface area contributed by atoms with E-state index in [-0.39, 0.29) is 25.3 Å². The van der Waals surface area contributed by atoms with Gasteiger partial charge in [0.05, 0.1) is 11.1 Å². The molecule has 0 radical (unpaired) electrons. The Labute approximate surface area is 167 Å². The topological polar surface area (TPSA) is 55.3 Å². The molecular weight excluding hydrogens is 416 g/mol. The van der Waals surface area contributed by atoms with E-state index in [1.165, 1.54) is 11.1 Å². The minimum Gasteiger partial charge on any atom is -0.474 e. The fourth-order valence-electron chi connectivity index (χ4n) is 3.11. The molecule has 0 unspecified atom stereocenters. The second-order valence-electron chi connectivity index (χ2n) is 6.85. The molecule has 5 nitrogen and oxygen atoms in total. The SMILES string of the molecule is Cc1nccc(OC2CCN(C(=O)c3cc(C(F)(F)F)cc(C(F)(F)F)c3)CC2)n1. The first-order valence-electron chi connectivity index (χ1n) is 8.98. The molecule has 1 fully saturated rings. The molecule has 1 aliphatic heterocycles. The number of alkyl halides is 6. The van der Waals surface area contributed by atoms with Crippen LogP contribution in [0.1, 0.15) is 40.2 Å². The molecule has 30 heavy (non-hydrogen) atoms. The lowest BCUT2D eigenvalue weighted by Gasteiger charge is -2.32. The van der Waals surface area contributed by atoms with Crippen molar-refractivity contribution in [1.29, 1.82) is 0 Å². The number of piperidine rings is 1. The van der Waals surface area contributed by atoms with Crippen LogP contribution in [0, 0.1) is 6.92 Å². The number of amides is 1. The van der Waals surface area contributed by atoms with Crippen LogP contribution in [0.25, 0.3) is 0 Å². The van der Waals surface area contributed by atoms with Crippen molar-refractivity contribution in [3.63, 3.8) is 0 Å². The zero-order valence-corrected chi connectivity index (χ0v) is 15.7. The molecule has 2 heterocycles. The summed E-state index contributed by atoms with van der Waals surface area (Å²) in [6.45, 7) is 1.95. The lowest BCUT2D eigenvalue weighted by atomic mass is 10.0. The van der Waals surface area contributed by atoms with E-state index in [1.54, 1.807) is 13.0 Å². The van der Waals surface area contributed by atoms with Crippen LogP contribution in [0.2, 0.25) is 0 Å². The van der Waals surface area contributed by atoms with Crippen molar-refractivity contribution in [2.45, 2.75) is 38.2 Å². The Balaban J connectivity index is 1.73. The minimum atomic E-state index is -5.01. The lowest BCUT2D eigenvalue weighted by molar-refractivity contribution is -0.143. The molecule has 1 amide bonds. The van der Waals surface area contributed by atoms with E-state index in [0.717, 1.165) is 0 Å². The van der Waals surface area contributed by atoms with Gasteiger partial charge >= 0.3 is 12.4 Å². The Hall–Kier alpha value is -2.85. The number of likely N-dealkylation sites (tertiary alicyclic amines) is 1. The van der Waals surface area contributed by atoms with Crippen molar-refractivity contribution in [1.82, 2.24) is 14.9 Å². The molecule has 1 saturated heterocycles. The number of benzene rings is 1. The first kappa shape index (κ1) is 21.8. The fourth-order valence-corrected chi connectivity index (χ4v) is 3.11. The van der Waals surface area contributed by atoms with E-state index in [1.807, 2.05) is 0 Å². The maximum absolute atomic E-state index is 13.0. The van der Waals surface area contributed by atoms with Crippen molar-refractivity contribution in [3.05, 3.63) is 53.0 Å². The van der Waals surface area contributed by atoms with Crippen LogP contribution in [0.15, 0.2) is 30.5 Å². The van der Waals surface area contributed by atoms with Crippen LogP contribution in [-0.4, -0.2) is 40.0 Å². The normalized spacial score (nSPS) is 15.9. The zero-order valence-electron chi connectivity index (χ0n) is 15.7. The van der Waals surface area contributed by atoms with E-state index in [2.05, 4.69) is 9.97 Å². The highest BCUT2D eigenvalue weighted by atomic mass is 19.4. The van der Waals surface area contributed by atoms with Crippen LogP contribution in [0.5, 0.6) is 5.88 Å². The summed E-state index contributed by atoms with van der Waals surface area (Å²) in [7, 11) is 0. The standard InChI is InChI=1S/C19H17F6N3O2/c1-11-26-5-2-16(27-11)30-15-3-6-28(7-4-15)17(29)12-8-13(18(20,21)22)10-14(9-12)19(23,24)25/h2,5,8-10,15H,3-4,6-7H2,1H3. The van der Waals surface area contributed by atoms with Gasteiger partial charge in [0.15, 0.2) is 0 Å². The van der Waals surface area contributed by atoms with Gasteiger partial charge in [-0.1, -0.05) is 0 Å². The van der Waals surface area contributed by atoms with Gasteiger partial charge in [0.2, 0.25) is 5.88 Å². The predicted molar refractivity (Wildman–Crippen MR) is 92.8 cm³/mol. The van der Waals surface area contributed by atoms with Crippen LogP contribution in [-0.2, 0) is 12.4 Å². The summed E-state index contributed by atoms with van der Waals surface area (Å²) in [5.74, 6) is -0.00645. The number of rotatable bonds is 3. The third kappa shape index (κ3) is 5.19. The molecule has 0 N–H and O–H groups in total. The summed E-state index contributed by atoms with van der Waals surface area (Å²) in [5.41, 5.74) is -3.68. The molecule has 0 atom stereocenters. The molecule has 0 spiro atoms. The Bertz CT molecular complexity index is 889. The van der Waals surface area contributed by atoms with Gasteiger partial charge in [0.1, 0.15) is 11.9 Å². The van der Waals surface area contributed by atoms with E-state index in [4.69, 9.17) is 4.74 Å². The summed E-state index contributed by atoms with van der Waals surface area (Å²) in [4.78, 5) is 21.9. The van der Waals surface area contributed by atoms with E-state index < -0.39 is 35.0 Å². The van der Waals surface area contributed by atoms with Crippen LogP contribution >= 0.6 is 0 Å². The number of ether oxygens (including phenoxy) is 1. The molecule has 11 heteroatoms. The van der Waals surface area contributed by atoms with Crippen molar-refractivity contribution in [2.75, 3.05) is 13.1 Å². The van der Waals surface area contributed by atoms with Crippen LogP contribution in [0.3, 0.4) is 0 Å². The Morgan fingerprint density at radius 2 is 1.60 bits per heavy atom. The Morgan fingerprint density at radius 1 is 1.03 bits per heavy atom. The number of aryl methyl sites for hydroxylation is 1. The highest BCUT2D eigenvalue weighted by Gasteiger charge is 2.38. The fraction of sp³-hybridized carbons (Fsp3) is 0.421. The van der Waals surface area contributed by atoms with Gasteiger partial charge in [-0.3, -0.25) is 4.79 Å². The van der Waals surface area contributed by atoms with Gasteiger partial charge in [-0.15, -0.1) is 0 Å². The minimum absolute atomic E-state index is 0.000555. The maximum Gasteiger partial charge on any atom is 0.416 e. The summed E-state index contributed by atoms with van der Waals surface area (Å²) >= 11 is 0. The number of aromatic nitrogens is 2. The molecule has 3 rings (SSSR count). The summed E-state index contributed by atoms with van der Waals surface area (Å²) < 4.78 is 83.8. The van der Waals surface area contributed by atoms with Crippen LogP contribution < -0.4 is 4.74 Å². The molecule has 1 aliphatic rings. The molecule has 0 bridgehead atoms. The predicted octanol–water partition coefficient (Wildman–Crippen LogP) is 4.51. The van der Waals surface area contributed by atoms with E-state index in [0.29, 0.717) is 36.7 Å². The molecule has 162 valence electrons. The zero-order chi connectivity index (χ0) is 22.1. The number of carbonyl (C=O) groups excluding carboxylic acids is 1. The number of carbonyl (C=O) groups is 1. The first-order chi connectivity index (χ1) is 13.9. The quantitative estimate of drug-likeness (QED) is 0.669. The number of hydrogen-bond donors (Lipinski definition) is 0. The molecule has 1 aromatic carbocycles. The van der Waals surface area contributed by atoms with Gasteiger partial charge in [-0.2, -0.15) is 31.3 Å². The third-order valence-corrected chi connectivity index (χ3v) is 4.60. The average molecular weight is 433 g/mol. The highest BCUT2D eigenvalue weighted by molar-refractivity contribution is 5.94. The van der Waals surface area contributed by atoms with E-state index in [9.17, 15) is 31.1 Å². The van der Waals surface area contributed by atoms with Crippen LogP contribution in [0.4, 0.5) is 26.3 Å². The van der Waals surface area contributed by atoms with Gasteiger partial charge in [0, 0.05) is 43.8 Å². The molecule has 0 saturated carbocycles. The number of halogens is 6. The monoisotopic (exact) mass is 433 g/mol. The Kier molecular flexibility index (Phi) is 5.91. The number of hydrogen-bond acceptors (Lipinski definition) is 4. The van der Waals surface area contributed by atoms with Gasteiger partial charge in [0.25, 0.3) is 5.91 Å². The second kappa shape index (κ2) is 8.11. The molecular formula is C19H17F6N3O2. The second-order valence-corrected chi connectivity index (χ2v) is 6.85. The molecule has 1 aromatic heterocycles. The number of nitrogens with zero attached hydrogens (tertiary/aromatic N) is 3. The van der Waals surface area contributed by atoms with Crippen molar-refractivity contribution in [3.8, 4) is 5.88 Å². The molecule has 2 aromatic rings. The lowest BCUT2D eigenvalue weighted by Crippen LogP contribution is -2.42. The average Bonchev–Trinajstić information content (AvgIpc) is 2.66. The van der Waals surface area contributed by atoms with Crippen molar-refractivity contribution in [2.24, 2.45) is 0 Å². The Morgan fingerprint density at radius 3 is 2.10 bits per heavy atom. The van der Waals surface area contributed by atoms with Gasteiger partial charge in [-0.25, -0.2) is 4.98 Å². The maximum atomic E-state index is 13.0. The summed E-state index contributed by atoms with van der Waals surface area (Å²) in [5, 5.41) is 0. The molecule has 0 aliphatic carbocycles. The highest BCUT2D eigenvalue weighted by Crippen LogP contribution is 2.36. The smallest absolute Gasteiger partial charge is 0.416 e. The van der Waals surface area contributed by atoms with Gasteiger partial charge in [-0.05, 0) is 25.1 Å². The largest absolute Gasteiger partial charge is 0.474 e. The van der Waals surface area contributed by atoms with Crippen molar-refractivity contribution >= 4 is 5.91 Å². The third-order valence-electron chi connectivity index (χ3n) is 4.60. The summed E-state index contributed by atoms with van der Waals surface area (Å²) in [6.07, 6.45) is -8.04. The van der Waals surface area contributed by atoms with E-state index >= 15 is 0 Å². The first-order valence-corrected chi connectivity index (χ1v) is 8.98. The summed E-state index contributed by atoms with van der Waals surface area (Å²) in [6, 6.07) is 2.47. The van der Waals surface area contributed by atoms with Gasteiger partial charge < -0.3 is 9.64 Å². The van der Waals surface area contributed by atoms with Crippen molar-refractivity contribution < 1.29 is 35.9 Å².